The number of esters is 1. The highest BCUT2D eigenvalue weighted by Gasteiger charge is 2.84. The number of hydrogen-bond donors (Lipinski definition) is 0. The predicted octanol–water partition coefficient (Wildman–Crippen LogP) is 2.22. The highest BCUT2D eigenvalue weighted by molar-refractivity contribution is 5.83. The summed E-state index contributed by atoms with van der Waals surface area (Å²) in [6.07, 6.45) is -11.5. The summed E-state index contributed by atoms with van der Waals surface area (Å²) in [7, 11) is 0. The lowest BCUT2D eigenvalue weighted by Crippen LogP contribution is -2.67. The van der Waals surface area contributed by atoms with Crippen molar-refractivity contribution in [2.24, 2.45) is 0 Å². The van der Waals surface area contributed by atoms with Gasteiger partial charge in [0.1, 0.15) is 5.54 Å². The Kier molecular flexibility index (Phi) is 2.47. The SMILES string of the molecule is CC12CCCN1C(C(F)(F)F)(C(F)(F)F)OC2=O. The molecule has 2 aliphatic rings. The van der Waals surface area contributed by atoms with Gasteiger partial charge in [-0.1, -0.05) is 0 Å². The van der Waals surface area contributed by atoms with Crippen molar-refractivity contribution in [1.82, 2.24) is 4.90 Å². The average molecular weight is 277 g/mol. The predicted molar refractivity (Wildman–Crippen MR) is 45.3 cm³/mol. The fourth-order valence-electron chi connectivity index (χ4n) is 2.56. The van der Waals surface area contributed by atoms with E-state index in [1.54, 1.807) is 0 Å². The number of hydrogen-bond acceptors (Lipinski definition) is 3. The standard InChI is InChI=1S/C9H9F6NO2/c1-6-3-2-4-16(6)7(8(10,11)12,9(13,14)15)18-5(6)17/h2-4H2,1H3. The molecule has 2 heterocycles. The molecule has 1 atom stereocenters. The quantitative estimate of drug-likeness (QED) is 0.502. The Bertz CT molecular complexity index is 375. The van der Waals surface area contributed by atoms with Crippen LogP contribution in [0.5, 0.6) is 0 Å². The van der Waals surface area contributed by atoms with E-state index in [0.717, 1.165) is 6.92 Å². The minimum atomic E-state index is -5.73. The number of cyclic esters (lactones) is 1. The summed E-state index contributed by atoms with van der Waals surface area (Å²) in [5, 5.41) is 0. The molecule has 0 bridgehead atoms. The van der Waals surface area contributed by atoms with Crippen LogP contribution < -0.4 is 0 Å². The van der Waals surface area contributed by atoms with Gasteiger partial charge in [-0.3, -0.25) is 0 Å². The zero-order valence-corrected chi connectivity index (χ0v) is 9.15. The van der Waals surface area contributed by atoms with E-state index in [2.05, 4.69) is 4.74 Å². The van der Waals surface area contributed by atoms with Crippen LogP contribution in [0.4, 0.5) is 26.3 Å². The second-order valence-electron chi connectivity index (χ2n) is 4.56. The summed E-state index contributed by atoms with van der Waals surface area (Å²) in [6.45, 7) is 0.558. The summed E-state index contributed by atoms with van der Waals surface area (Å²) in [5.74, 6) is -1.48. The monoisotopic (exact) mass is 277 g/mol. The summed E-state index contributed by atoms with van der Waals surface area (Å²) < 4.78 is 80.9. The van der Waals surface area contributed by atoms with Crippen molar-refractivity contribution in [2.45, 2.75) is 43.4 Å². The van der Waals surface area contributed by atoms with Crippen molar-refractivity contribution in [3.63, 3.8) is 0 Å². The third-order valence-corrected chi connectivity index (χ3v) is 3.47. The first-order valence-electron chi connectivity index (χ1n) is 5.11. The number of fused-ring (bicyclic) bond motifs is 1. The van der Waals surface area contributed by atoms with Gasteiger partial charge in [0.15, 0.2) is 0 Å². The Balaban J connectivity index is 2.61. The lowest BCUT2D eigenvalue weighted by atomic mass is 9.99. The molecule has 1 unspecified atom stereocenters. The summed E-state index contributed by atoms with van der Waals surface area (Å²) in [5.41, 5.74) is -6.37. The number of alkyl halides is 6. The maximum Gasteiger partial charge on any atom is 0.453 e. The zero-order chi connectivity index (χ0) is 14.0. The van der Waals surface area contributed by atoms with Gasteiger partial charge >= 0.3 is 24.0 Å². The minimum absolute atomic E-state index is 0.0828. The minimum Gasteiger partial charge on any atom is -0.423 e. The van der Waals surface area contributed by atoms with Gasteiger partial charge in [0, 0.05) is 6.54 Å². The number of carbonyl (C=O) groups is 1. The number of carbonyl (C=O) groups excluding carboxylic acids is 1. The first-order valence-corrected chi connectivity index (χ1v) is 5.11. The molecule has 104 valence electrons. The lowest BCUT2D eigenvalue weighted by Gasteiger charge is -2.39. The van der Waals surface area contributed by atoms with Crippen molar-refractivity contribution < 1.29 is 35.9 Å². The van der Waals surface area contributed by atoms with Crippen molar-refractivity contribution in [3.8, 4) is 0 Å². The molecule has 0 amide bonds. The highest BCUT2D eigenvalue weighted by atomic mass is 19.4. The van der Waals surface area contributed by atoms with E-state index in [-0.39, 0.29) is 17.7 Å². The van der Waals surface area contributed by atoms with E-state index in [0.29, 0.717) is 0 Å². The fourth-order valence-corrected chi connectivity index (χ4v) is 2.56. The Morgan fingerprint density at radius 2 is 1.67 bits per heavy atom. The Morgan fingerprint density at radius 1 is 1.17 bits per heavy atom. The van der Waals surface area contributed by atoms with Crippen molar-refractivity contribution in [1.29, 1.82) is 0 Å². The number of halogens is 6. The molecule has 0 aromatic heterocycles. The molecule has 9 heteroatoms. The summed E-state index contributed by atoms with van der Waals surface area (Å²) in [6, 6.07) is 0. The average Bonchev–Trinajstić information content (AvgIpc) is 2.61. The van der Waals surface area contributed by atoms with E-state index in [1.165, 1.54) is 0 Å². The first kappa shape index (κ1) is 13.4. The van der Waals surface area contributed by atoms with E-state index >= 15 is 0 Å². The van der Waals surface area contributed by atoms with Crippen LogP contribution in [0, 0.1) is 0 Å². The van der Waals surface area contributed by atoms with Crippen molar-refractivity contribution in [2.75, 3.05) is 6.54 Å². The van der Waals surface area contributed by atoms with Gasteiger partial charge < -0.3 is 4.74 Å². The molecule has 0 N–H and O–H groups in total. The smallest absolute Gasteiger partial charge is 0.423 e. The topological polar surface area (TPSA) is 29.5 Å². The third kappa shape index (κ3) is 1.33. The Morgan fingerprint density at radius 3 is 2.11 bits per heavy atom. The molecule has 2 saturated heterocycles. The van der Waals surface area contributed by atoms with Gasteiger partial charge in [-0.15, -0.1) is 0 Å². The van der Waals surface area contributed by atoms with Crippen LogP contribution >= 0.6 is 0 Å². The van der Waals surface area contributed by atoms with E-state index in [9.17, 15) is 31.1 Å². The van der Waals surface area contributed by atoms with Crippen molar-refractivity contribution in [3.05, 3.63) is 0 Å². The van der Waals surface area contributed by atoms with Gasteiger partial charge in [-0.25, -0.2) is 9.69 Å². The molecular formula is C9H9F6NO2. The van der Waals surface area contributed by atoms with E-state index < -0.39 is 36.1 Å². The molecule has 0 aliphatic carbocycles. The van der Waals surface area contributed by atoms with E-state index in [1.807, 2.05) is 0 Å². The molecule has 0 saturated carbocycles. The maximum absolute atomic E-state index is 12.9. The van der Waals surface area contributed by atoms with Crippen LogP contribution in [0.3, 0.4) is 0 Å². The number of rotatable bonds is 0. The molecule has 0 radical (unpaired) electrons. The van der Waals surface area contributed by atoms with Gasteiger partial charge in [0.05, 0.1) is 0 Å². The lowest BCUT2D eigenvalue weighted by molar-refractivity contribution is -0.401. The molecule has 3 nitrogen and oxygen atoms in total. The molecule has 2 rings (SSSR count). The van der Waals surface area contributed by atoms with Crippen LogP contribution in [0.25, 0.3) is 0 Å². The number of nitrogens with zero attached hydrogens (tertiary/aromatic N) is 1. The fraction of sp³-hybridized carbons (Fsp3) is 0.889. The summed E-state index contributed by atoms with van der Waals surface area (Å²) in [4.78, 5) is 11.5. The second kappa shape index (κ2) is 3.31. The van der Waals surface area contributed by atoms with Gasteiger partial charge in [0.25, 0.3) is 0 Å². The molecule has 0 spiro atoms. The Labute approximate surface area is 97.7 Å². The van der Waals surface area contributed by atoms with Crippen LogP contribution in [-0.2, 0) is 9.53 Å². The third-order valence-electron chi connectivity index (χ3n) is 3.47. The normalized spacial score (nSPS) is 32.5. The van der Waals surface area contributed by atoms with Crippen LogP contribution in [0.1, 0.15) is 19.8 Å². The van der Waals surface area contributed by atoms with Crippen LogP contribution in [0.2, 0.25) is 0 Å². The van der Waals surface area contributed by atoms with Gasteiger partial charge in [0.2, 0.25) is 0 Å². The zero-order valence-electron chi connectivity index (χ0n) is 9.15. The van der Waals surface area contributed by atoms with Gasteiger partial charge in [-0.2, -0.15) is 26.3 Å². The van der Waals surface area contributed by atoms with Crippen LogP contribution in [0.15, 0.2) is 0 Å². The van der Waals surface area contributed by atoms with E-state index in [4.69, 9.17) is 0 Å². The van der Waals surface area contributed by atoms with Crippen LogP contribution in [-0.4, -0.2) is 41.0 Å². The first-order chi connectivity index (χ1) is 7.97. The number of ether oxygens (including phenoxy) is 1. The molecule has 2 fully saturated rings. The summed E-state index contributed by atoms with van der Waals surface area (Å²) >= 11 is 0. The molecule has 18 heavy (non-hydrogen) atoms. The molecule has 2 aliphatic heterocycles. The highest BCUT2D eigenvalue weighted by Crippen LogP contribution is 2.57. The van der Waals surface area contributed by atoms with Gasteiger partial charge in [-0.05, 0) is 19.8 Å². The molecule has 0 aromatic carbocycles. The second-order valence-corrected chi connectivity index (χ2v) is 4.56. The maximum atomic E-state index is 12.9. The molecule has 0 aromatic rings. The molecular weight excluding hydrogens is 268 g/mol. The largest absolute Gasteiger partial charge is 0.453 e. The Hall–Kier alpha value is -0.990. The van der Waals surface area contributed by atoms with Crippen molar-refractivity contribution >= 4 is 5.97 Å².